The molecule has 2 N–H and O–H groups in total. The molecule has 2 heterocycles. The summed E-state index contributed by atoms with van der Waals surface area (Å²) >= 11 is 0. The fourth-order valence-electron chi connectivity index (χ4n) is 1.37. The minimum Gasteiger partial charge on any atom is -0.476 e. The van der Waals surface area contributed by atoms with Crippen LogP contribution >= 0.6 is 0 Å². The minimum atomic E-state index is -1.18. The first kappa shape index (κ1) is 11.8. The first-order valence-electron chi connectivity index (χ1n) is 5.00. The summed E-state index contributed by atoms with van der Waals surface area (Å²) in [6, 6.07) is 1.23. The highest BCUT2D eigenvalue weighted by molar-refractivity contribution is 5.84. The van der Waals surface area contributed by atoms with Crippen molar-refractivity contribution in [2.45, 2.75) is 13.1 Å². The molecule has 0 aromatic carbocycles. The number of carboxylic acids is 1. The topological polar surface area (TPSA) is 123 Å². The van der Waals surface area contributed by atoms with Crippen molar-refractivity contribution in [2.24, 2.45) is 0 Å². The molecule has 9 nitrogen and oxygen atoms in total. The Bertz CT molecular complexity index is 654. The Hall–Kier alpha value is -2.71. The third-order valence-electron chi connectivity index (χ3n) is 2.25. The second kappa shape index (κ2) is 4.65. The van der Waals surface area contributed by atoms with Crippen molar-refractivity contribution in [3.63, 3.8) is 0 Å². The second-order valence-electron chi connectivity index (χ2n) is 3.44. The van der Waals surface area contributed by atoms with E-state index in [1.54, 1.807) is 0 Å². The molecule has 0 radical (unpaired) electrons. The van der Waals surface area contributed by atoms with Crippen LogP contribution in [0.2, 0.25) is 0 Å². The van der Waals surface area contributed by atoms with Gasteiger partial charge >= 0.3 is 11.7 Å². The van der Waals surface area contributed by atoms with Crippen molar-refractivity contribution in [1.29, 1.82) is 0 Å². The lowest BCUT2D eigenvalue weighted by molar-refractivity contribution is 0.0690. The number of hydrogen-bond donors (Lipinski definition) is 2. The molecule has 0 unspecified atom stereocenters. The van der Waals surface area contributed by atoms with Gasteiger partial charge in [0.15, 0.2) is 5.69 Å². The number of aryl methyl sites for hydroxylation is 1. The molecule has 0 saturated heterocycles. The lowest BCUT2D eigenvalue weighted by Crippen LogP contribution is -2.35. The van der Waals surface area contributed by atoms with Crippen molar-refractivity contribution in [3.05, 3.63) is 45.0 Å². The Morgan fingerprint density at radius 3 is 2.78 bits per heavy atom. The van der Waals surface area contributed by atoms with Gasteiger partial charge in [0, 0.05) is 12.3 Å². The Morgan fingerprint density at radius 2 is 2.17 bits per heavy atom. The number of aromatic amines is 1. The highest BCUT2D eigenvalue weighted by atomic mass is 16.4. The van der Waals surface area contributed by atoms with Gasteiger partial charge in [0.25, 0.3) is 5.56 Å². The maximum atomic E-state index is 11.4. The number of H-pyrrole nitrogens is 1. The average molecular weight is 251 g/mol. The summed E-state index contributed by atoms with van der Waals surface area (Å²) in [6.45, 7) is 0.255. The van der Waals surface area contributed by atoms with Gasteiger partial charge < -0.3 is 10.1 Å². The van der Waals surface area contributed by atoms with Crippen LogP contribution in [0.3, 0.4) is 0 Å². The molecule has 0 fully saturated rings. The Labute approximate surface area is 99.3 Å². The lowest BCUT2D eigenvalue weighted by Gasteiger charge is -2.02. The first-order chi connectivity index (χ1) is 8.58. The third kappa shape index (κ3) is 2.34. The van der Waals surface area contributed by atoms with Gasteiger partial charge in [-0.15, -0.1) is 5.10 Å². The highest BCUT2D eigenvalue weighted by Gasteiger charge is 2.08. The summed E-state index contributed by atoms with van der Waals surface area (Å²) < 4.78 is 2.24. The van der Waals surface area contributed by atoms with E-state index in [-0.39, 0.29) is 18.8 Å². The SMILES string of the molecule is O=C(O)c1cn(CCn2c(=O)cc[nH]c2=O)nn1. The maximum Gasteiger partial charge on any atom is 0.358 e. The minimum absolute atomic E-state index is 0.0808. The number of hydrogen-bond acceptors (Lipinski definition) is 5. The largest absolute Gasteiger partial charge is 0.476 e. The van der Waals surface area contributed by atoms with Crippen LogP contribution in [-0.4, -0.2) is 35.6 Å². The Balaban J connectivity index is 2.14. The Kier molecular flexibility index (Phi) is 3.04. The van der Waals surface area contributed by atoms with Gasteiger partial charge in [-0.25, -0.2) is 14.3 Å². The number of nitrogens with zero attached hydrogens (tertiary/aromatic N) is 4. The average Bonchev–Trinajstić information content (AvgIpc) is 2.77. The van der Waals surface area contributed by atoms with Crippen molar-refractivity contribution in [3.8, 4) is 0 Å². The zero-order valence-electron chi connectivity index (χ0n) is 9.11. The molecule has 2 rings (SSSR count). The molecule has 0 bridgehead atoms. The molecular formula is C9H9N5O4. The molecule has 0 aliphatic heterocycles. The molecule has 0 aliphatic rings. The van der Waals surface area contributed by atoms with Gasteiger partial charge in [0.2, 0.25) is 0 Å². The number of carbonyl (C=O) groups is 1. The molecule has 0 amide bonds. The summed E-state index contributed by atoms with van der Waals surface area (Å²) in [5, 5.41) is 15.6. The number of aromatic nitrogens is 5. The monoisotopic (exact) mass is 251 g/mol. The van der Waals surface area contributed by atoms with E-state index in [0.29, 0.717) is 0 Å². The molecule has 0 saturated carbocycles. The van der Waals surface area contributed by atoms with E-state index in [1.165, 1.54) is 23.1 Å². The van der Waals surface area contributed by atoms with Crippen LogP contribution in [0.15, 0.2) is 28.0 Å². The molecule has 94 valence electrons. The number of nitrogens with one attached hydrogen (secondary N) is 1. The van der Waals surface area contributed by atoms with Gasteiger partial charge in [-0.05, 0) is 0 Å². The Morgan fingerprint density at radius 1 is 1.39 bits per heavy atom. The van der Waals surface area contributed by atoms with E-state index >= 15 is 0 Å². The van der Waals surface area contributed by atoms with Crippen LogP contribution in [0, 0.1) is 0 Å². The zero-order chi connectivity index (χ0) is 13.1. The standard InChI is InChI=1S/C9H9N5O4/c15-7-1-2-10-9(18)14(7)4-3-13-5-6(8(16)17)11-12-13/h1-2,5H,3-4H2,(H,10,18)(H,16,17). The summed E-state index contributed by atoms with van der Waals surface area (Å²) in [7, 11) is 0. The van der Waals surface area contributed by atoms with E-state index < -0.39 is 17.2 Å². The molecule has 0 atom stereocenters. The van der Waals surface area contributed by atoms with Crippen molar-refractivity contribution in [2.75, 3.05) is 0 Å². The van der Waals surface area contributed by atoms with Gasteiger partial charge in [0.05, 0.1) is 19.3 Å². The van der Waals surface area contributed by atoms with Crippen LogP contribution in [0.4, 0.5) is 0 Å². The predicted octanol–water partition coefficient (Wildman–Crippen LogP) is -1.47. The highest BCUT2D eigenvalue weighted by Crippen LogP contribution is 1.92. The zero-order valence-corrected chi connectivity index (χ0v) is 9.11. The second-order valence-corrected chi connectivity index (χ2v) is 3.44. The summed E-state index contributed by atoms with van der Waals surface area (Å²) in [5.74, 6) is -1.18. The van der Waals surface area contributed by atoms with Crippen molar-refractivity contribution in [1.82, 2.24) is 24.5 Å². The van der Waals surface area contributed by atoms with E-state index in [9.17, 15) is 14.4 Å². The first-order valence-corrected chi connectivity index (χ1v) is 5.00. The van der Waals surface area contributed by atoms with Gasteiger partial charge in [-0.3, -0.25) is 9.36 Å². The molecule has 2 aromatic rings. The van der Waals surface area contributed by atoms with E-state index in [4.69, 9.17) is 5.11 Å². The number of aromatic carboxylic acids is 1. The van der Waals surface area contributed by atoms with E-state index in [1.807, 2.05) is 0 Å². The lowest BCUT2D eigenvalue weighted by atomic mass is 10.5. The van der Waals surface area contributed by atoms with Gasteiger partial charge in [0.1, 0.15) is 0 Å². The van der Waals surface area contributed by atoms with E-state index in [0.717, 1.165) is 4.57 Å². The van der Waals surface area contributed by atoms with Crippen LogP contribution in [0.25, 0.3) is 0 Å². The molecule has 18 heavy (non-hydrogen) atoms. The molecule has 2 aromatic heterocycles. The van der Waals surface area contributed by atoms with E-state index in [2.05, 4.69) is 15.3 Å². The van der Waals surface area contributed by atoms with Crippen molar-refractivity contribution >= 4 is 5.97 Å². The molecule has 0 spiro atoms. The molecule has 9 heteroatoms. The normalized spacial score (nSPS) is 10.4. The van der Waals surface area contributed by atoms with Crippen molar-refractivity contribution < 1.29 is 9.90 Å². The molecular weight excluding hydrogens is 242 g/mol. The van der Waals surface area contributed by atoms with Crippen LogP contribution in [-0.2, 0) is 13.1 Å². The van der Waals surface area contributed by atoms with Gasteiger partial charge in [-0.2, -0.15) is 0 Å². The number of carboxylic acid groups (broad SMARTS) is 1. The fourth-order valence-corrected chi connectivity index (χ4v) is 1.37. The van der Waals surface area contributed by atoms with Crippen LogP contribution in [0.1, 0.15) is 10.5 Å². The maximum absolute atomic E-state index is 11.4. The van der Waals surface area contributed by atoms with Crippen LogP contribution < -0.4 is 11.2 Å². The predicted molar refractivity (Wildman–Crippen MR) is 58.3 cm³/mol. The van der Waals surface area contributed by atoms with Gasteiger partial charge in [-0.1, -0.05) is 5.21 Å². The smallest absolute Gasteiger partial charge is 0.358 e. The van der Waals surface area contributed by atoms with Crippen LogP contribution in [0.5, 0.6) is 0 Å². The summed E-state index contributed by atoms with van der Waals surface area (Å²) in [5.41, 5.74) is -1.15. The third-order valence-corrected chi connectivity index (χ3v) is 2.25. The quantitative estimate of drug-likeness (QED) is 0.683. The molecule has 0 aliphatic carbocycles. The summed E-state index contributed by atoms with van der Waals surface area (Å²) in [6.07, 6.45) is 2.49. The summed E-state index contributed by atoms with van der Waals surface area (Å²) in [4.78, 5) is 35.7. The fraction of sp³-hybridized carbons (Fsp3) is 0.222. The number of rotatable bonds is 4.